The van der Waals surface area contributed by atoms with Gasteiger partial charge in [-0.3, -0.25) is 9.59 Å². The normalized spacial score (nSPS) is 19.2. The van der Waals surface area contributed by atoms with Crippen LogP contribution in [0.25, 0.3) is 0 Å². The van der Waals surface area contributed by atoms with Gasteiger partial charge in [-0.25, -0.2) is 0 Å². The summed E-state index contributed by atoms with van der Waals surface area (Å²) < 4.78 is 0. The second kappa shape index (κ2) is 6.39. The van der Waals surface area contributed by atoms with Gasteiger partial charge in [-0.05, 0) is 45.7 Å². The summed E-state index contributed by atoms with van der Waals surface area (Å²) in [6, 6.07) is 3.99. The van der Waals surface area contributed by atoms with Crippen molar-refractivity contribution >= 4 is 23.2 Å². The molecule has 2 amide bonds. The molecule has 0 unspecified atom stereocenters. The molecule has 110 valence electrons. The molecule has 1 fully saturated rings. The van der Waals surface area contributed by atoms with Crippen molar-refractivity contribution in [1.29, 1.82) is 0 Å². The fourth-order valence-corrected chi connectivity index (χ4v) is 3.32. The predicted octanol–water partition coefficient (Wildman–Crippen LogP) is 2.43. The first-order valence-corrected chi connectivity index (χ1v) is 7.95. The number of thiophene rings is 1. The van der Waals surface area contributed by atoms with Crippen LogP contribution >= 0.6 is 11.3 Å². The molecule has 1 saturated heterocycles. The molecule has 0 aromatic carbocycles. The Kier molecular flexibility index (Phi) is 4.81. The summed E-state index contributed by atoms with van der Waals surface area (Å²) in [6.07, 6.45) is 1.76. The van der Waals surface area contributed by atoms with Gasteiger partial charge in [0.25, 0.3) is 5.91 Å². The van der Waals surface area contributed by atoms with Gasteiger partial charge < -0.3 is 10.2 Å². The van der Waals surface area contributed by atoms with Crippen LogP contribution in [0.3, 0.4) is 0 Å². The number of carbonyl (C=O) groups is 2. The summed E-state index contributed by atoms with van der Waals surface area (Å²) in [5, 5.41) is 2.94. The van der Waals surface area contributed by atoms with Gasteiger partial charge in [-0.2, -0.15) is 0 Å². The first-order chi connectivity index (χ1) is 9.47. The first-order valence-electron chi connectivity index (χ1n) is 7.13. The number of likely N-dealkylation sites (tertiary alicyclic amines) is 1. The maximum absolute atomic E-state index is 12.4. The molecule has 0 spiro atoms. The molecule has 1 aliphatic rings. The Balaban J connectivity index is 1.99. The third-order valence-electron chi connectivity index (χ3n) is 3.46. The summed E-state index contributed by atoms with van der Waals surface area (Å²) in [6.45, 7) is 7.20. The number of hydrogen-bond acceptors (Lipinski definition) is 3. The Bertz CT molecular complexity index is 496. The van der Waals surface area contributed by atoms with Gasteiger partial charge in [-0.15, -0.1) is 11.3 Å². The van der Waals surface area contributed by atoms with E-state index in [1.165, 1.54) is 11.3 Å². The molecule has 0 aliphatic carbocycles. The van der Waals surface area contributed by atoms with E-state index in [9.17, 15) is 9.59 Å². The number of nitrogens with one attached hydrogen (secondary N) is 1. The van der Waals surface area contributed by atoms with E-state index >= 15 is 0 Å². The van der Waals surface area contributed by atoms with E-state index in [0.29, 0.717) is 6.54 Å². The second-order valence-electron chi connectivity index (χ2n) is 5.66. The van der Waals surface area contributed by atoms with E-state index in [-0.39, 0.29) is 23.8 Å². The number of rotatable bonds is 3. The lowest BCUT2D eigenvalue weighted by atomic mass is 9.96. The topological polar surface area (TPSA) is 49.4 Å². The molecular weight excluding hydrogens is 272 g/mol. The quantitative estimate of drug-likeness (QED) is 0.931. The molecule has 2 rings (SSSR count). The van der Waals surface area contributed by atoms with Gasteiger partial charge in [0.05, 0.1) is 10.8 Å². The van der Waals surface area contributed by atoms with Crippen LogP contribution in [0.4, 0.5) is 0 Å². The van der Waals surface area contributed by atoms with Gasteiger partial charge in [0, 0.05) is 24.0 Å². The molecular formula is C15H22N2O2S. The van der Waals surface area contributed by atoms with Crippen LogP contribution in [0, 0.1) is 12.8 Å². The SMILES string of the molecule is Cc1ccc(C(=O)N2CCC[C@H](C(=O)NC(C)C)C2)s1. The van der Waals surface area contributed by atoms with Crippen LogP contribution in [-0.4, -0.2) is 35.8 Å². The van der Waals surface area contributed by atoms with Gasteiger partial charge in [0.1, 0.15) is 0 Å². The molecule has 4 nitrogen and oxygen atoms in total. The highest BCUT2D eigenvalue weighted by molar-refractivity contribution is 7.13. The number of aryl methyl sites for hydroxylation is 1. The predicted molar refractivity (Wildman–Crippen MR) is 81.0 cm³/mol. The monoisotopic (exact) mass is 294 g/mol. The minimum absolute atomic E-state index is 0.0603. The zero-order chi connectivity index (χ0) is 14.7. The Morgan fingerprint density at radius 3 is 2.75 bits per heavy atom. The second-order valence-corrected chi connectivity index (χ2v) is 6.95. The van der Waals surface area contributed by atoms with Crippen molar-refractivity contribution in [2.45, 2.75) is 39.7 Å². The molecule has 0 radical (unpaired) electrons. The minimum atomic E-state index is -0.0730. The molecule has 20 heavy (non-hydrogen) atoms. The van der Waals surface area contributed by atoms with Crippen molar-refractivity contribution in [3.63, 3.8) is 0 Å². The highest BCUT2D eigenvalue weighted by atomic mass is 32.1. The number of carbonyl (C=O) groups excluding carboxylic acids is 2. The molecule has 1 aliphatic heterocycles. The lowest BCUT2D eigenvalue weighted by Gasteiger charge is -2.32. The van der Waals surface area contributed by atoms with Crippen molar-refractivity contribution < 1.29 is 9.59 Å². The molecule has 1 aromatic heterocycles. The van der Waals surface area contributed by atoms with E-state index in [1.807, 2.05) is 37.8 Å². The van der Waals surface area contributed by atoms with Crippen molar-refractivity contribution in [2.75, 3.05) is 13.1 Å². The van der Waals surface area contributed by atoms with Crippen LogP contribution in [-0.2, 0) is 4.79 Å². The van der Waals surface area contributed by atoms with Crippen molar-refractivity contribution in [3.8, 4) is 0 Å². The van der Waals surface area contributed by atoms with Crippen molar-refractivity contribution in [2.24, 2.45) is 5.92 Å². The fourth-order valence-electron chi connectivity index (χ4n) is 2.48. The van der Waals surface area contributed by atoms with E-state index in [1.54, 1.807) is 0 Å². The molecule has 2 heterocycles. The van der Waals surface area contributed by atoms with Crippen LogP contribution in [0.5, 0.6) is 0 Å². The summed E-state index contributed by atoms with van der Waals surface area (Å²) >= 11 is 1.52. The van der Waals surface area contributed by atoms with Crippen molar-refractivity contribution in [3.05, 3.63) is 21.9 Å². The number of hydrogen-bond donors (Lipinski definition) is 1. The van der Waals surface area contributed by atoms with E-state index < -0.39 is 0 Å². The van der Waals surface area contributed by atoms with Gasteiger partial charge >= 0.3 is 0 Å². The summed E-state index contributed by atoms with van der Waals surface area (Å²) in [7, 11) is 0. The zero-order valence-electron chi connectivity index (χ0n) is 12.3. The number of piperidine rings is 1. The van der Waals surface area contributed by atoms with Gasteiger partial charge in [0.15, 0.2) is 0 Å². The summed E-state index contributed by atoms with van der Waals surface area (Å²) in [5.41, 5.74) is 0. The third-order valence-corrected chi connectivity index (χ3v) is 4.45. The number of amides is 2. The Labute approximate surface area is 124 Å². The maximum Gasteiger partial charge on any atom is 0.263 e. The zero-order valence-corrected chi connectivity index (χ0v) is 13.1. The Morgan fingerprint density at radius 2 is 2.15 bits per heavy atom. The molecule has 5 heteroatoms. The lowest BCUT2D eigenvalue weighted by Crippen LogP contribution is -2.46. The third kappa shape index (κ3) is 3.60. The lowest BCUT2D eigenvalue weighted by molar-refractivity contribution is -0.126. The average molecular weight is 294 g/mol. The van der Waals surface area contributed by atoms with Crippen LogP contribution in [0.15, 0.2) is 12.1 Å². The van der Waals surface area contributed by atoms with E-state index in [2.05, 4.69) is 5.32 Å². The van der Waals surface area contributed by atoms with E-state index in [0.717, 1.165) is 29.1 Å². The fraction of sp³-hybridized carbons (Fsp3) is 0.600. The highest BCUT2D eigenvalue weighted by Crippen LogP contribution is 2.22. The standard InChI is InChI=1S/C15H22N2O2S/c1-10(2)16-14(18)12-5-4-8-17(9-12)15(19)13-7-6-11(3)20-13/h6-7,10,12H,4-5,8-9H2,1-3H3,(H,16,18)/t12-/m0/s1. The van der Waals surface area contributed by atoms with Crippen molar-refractivity contribution in [1.82, 2.24) is 10.2 Å². The first kappa shape index (κ1) is 15.0. The Hall–Kier alpha value is -1.36. The molecule has 1 atom stereocenters. The smallest absolute Gasteiger partial charge is 0.263 e. The minimum Gasteiger partial charge on any atom is -0.354 e. The molecule has 1 aromatic rings. The number of nitrogens with zero attached hydrogens (tertiary/aromatic N) is 1. The van der Waals surface area contributed by atoms with Gasteiger partial charge in [0.2, 0.25) is 5.91 Å². The summed E-state index contributed by atoms with van der Waals surface area (Å²) in [5.74, 6) is 0.0566. The average Bonchev–Trinajstić information content (AvgIpc) is 2.84. The molecule has 0 saturated carbocycles. The summed E-state index contributed by atoms with van der Waals surface area (Å²) in [4.78, 5) is 28.2. The molecule has 0 bridgehead atoms. The molecule has 1 N–H and O–H groups in total. The largest absolute Gasteiger partial charge is 0.354 e. The Morgan fingerprint density at radius 1 is 1.40 bits per heavy atom. The highest BCUT2D eigenvalue weighted by Gasteiger charge is 2.29. The van der Waals surface area contributed by atoms with E-state index in [4.69, 9.17) is 0 Å². The van der Waals surface area contributed by atoms with Crippen LogP contribution in [0.2, 0.25) is 0 Å². The van der Waals surface area contributed by atoms with Crippen LogP contribution in [0.1, 0.15) is 41.2 Å². The maximum atomic E-state index is 12.4. The van der Waals surface area contributed by atoms with Crippen LogP contribution < -0.4 is 5.32 Å². The van der Waals surface area contributed by atoms with Gasteiger partial charge in [-0.1, -0.05) is 0 Å².